The van der Waals surface area contributed by atoms with E-state index in [-0.39, 0.29) is 36.1 Å². The highest BCUT2D eigenvalue weighted by atomic mass is 32.2. The highest BCUT2D eigenvalue weighted by molar-refractivity contribution is 7.88. The standard InChI is InChI=1S/C18H24F4N6O2S2/c1-10-7-11(5-6-28(10)32(4,29)30)24-17-23-8-12(19)14(26-17)15-16(18(20,21)22)25-13(31-15)9-27(2)3/h8,10-11H,5-7,9H2,1-4H3,(H,23,24,26)/t10-,11-/m0/s1. The van der Waals surface area contributed by atoms with Crippen LogP contribution in [0.3, 0.4) is 0 Å². The lowest BCUT2D eigenvalue weighted by Gasteiger charge is -2.36. The van der Waals surface area contributed by atoms with Crippen molar-refractivity contribution >= 4 is 27.3 Å². The lowest BCUT2D eigenvalue weighted by molar-refractivity contribution is -0.140. The Hall–Kier alpha value is -1.90. The molecule has 8 nitrogen and oxygen atoms in total. The smallest absolute Gasteiger partial charge is 0.351 e. The Labute approximate surface area is 187 Å². The van der Waals surface area contributed by atoms with Gasteiger partial charge in [0.25, 0.3) is 0 Å². The molecule has 3 rings (SSSR count). The summed E-state index contributed by atoms with van der Waals surface area (Å²) < 4.78 is 80.2. The maximum absolute atomic E-state index is 14.5. The number of anilines is 1. The van der Waals surface area contributed by atoms with Crippen molar-refractivity contribution in [3.63, 3.8) is 0 Å². The quantitative estimate of drug-likeness (QED) is 0.615. The molecule has 1 aliphatic rings. The average Bonchev–Trinajstić information content (AvgIpc) is 3.05. The second-order valence-corrected chi connectivity index (χ2v) is 11.0. The Kier molecular flexibility index (Phi) is 7.08. The molecule has 0 amide bonds. The van der Waals surface area contributed by atoms with Gasteiger partial charge in [-0.3, -0.25) is 0 Å². The Bertz CT molecular complexity index is 1070. The normalized spacial score (nSPS) is 20.7. The number of hydrogen-bond acceptors (Lipinski definition) is 8. The Morgan fingerprint density at radius 3 is 2.56 bits per heavy atom. The van der Waals surface area contributed by atoms with Crippen LogP contribution in [0.2, 0.25) is 0 Å². The molecule has 14 heteroatoms. The fourth-order valence-electron chi connectivity index (χ4n) is 3.61. The summed E-state index contributed by atoms with van der Waals surface area (Å²) in [7, 11) is 0.0486. The molecule has 0 saturated carbocycles. The van der Waals surface area contributed by atoms with E-state index in [1.165, 1.54) is 4.31 Å². The van der Waals surface area contributed by atoms with Crippen LogP contribution < -0.4 is 5.32 Å². The monoisotopic (exact) mass is 496 g/mol. The van der Waals surface area contributed by atoms with Crippen LogP contribution in [-0.4, -0.2) is 71.6 Å². The number of halogens is 4. The maximum atomic E-state index is 14.5. The lowest BCUT2D eigenvalue weighted by atomic mass is 10.0. The third-order valence-electron chi connectivity index (χ3n) is 4.93. The SMILES string of the molecule is C[C@H]1C[C@@H](Nc2ncc(F)c(-c3sc(CN(C)C)nc3C(F)(F)F)n2)CCN1S(C)(=O)=O. The molecule has 178 valence electrons. The predicted octanol–water partition coefficient (Wildman–Crippen LogP) is 3.04. The number of rotatable bonds is 6. The zero-order chi connectivity index (χ0) is 23.8. The van der Waals surface area contributed by atoms with Gasteiger partial charge in [0.05, 0.1) is 17.3 Å². The number of sulfonamides is 1. The van der Waals surface area contributed by atoms with Gasteiger partial charge < -0.3 is 10.2 Å². The van der Waals surface area contributed by atoms with Gasteiger partial charge in [-0.1, -0.05) is 0 Å². The van der Waals surface area contributed by atoms with E-state index in [1.807, 2.05) is 0 Å². The summed E-state index contributed by atoms with van der Waals surface area (Å²) >= 11 is 0.736. The number of piperidine rings is 1. The molecule has 0 unspecified atom stereocenters. The van der Waals surface area contributed by atoms with E-state index in [1.54, 1.807) is 25.9 Å². The molecule has 0 aromatic carbocycles. The molecule has 1 aliphatic heterocycles. The fraction of sp³-hybridized carbons (Fsp3) is 0.611. The van der Waals surface area contributed by atoms with Crippen LogP contribution in [0, 0.1) is 5.82 Å². The number of alkyl halides is 3. The third-order valence-corrected chi connectivity index (χ3v) is 7.37. The maximum Gasteiger partial charge on any atom is 0.434 e. The van der Waals surface area contributed by atoms with Gasteiger partial charge in [-0.15, -0.1) is 11.3 Å². The molecule has 0 bridgehead atoms. The van der Waals surface area contributed by atoms with Crippen molar-refractivity contribution in [1.29, 1.82) is 0 Å². The summed E-state index contributed by atoms with van der Waals surface area (Å²) in [6.07, 6.45) is -1.90. The summed E-state index contributed by atoms with van der Waals surface area (Å²) in [5, 5.41) is 3.19. The van der Waals surface area contributed by atoms with Crippen LogP contribution in [0.1, 0.15) is 30.5 Å². The molecule has 0 spiro atoms. The van der Waals surface area contributed by atoms with Crippen LogP contribution >= 0.6 is 11.3 Å². The van der Waals surface area contributed by atoms with Gasteiger partial charge in [-0.05, 0) is 33.9 Å². The fourth-order valence-corrected chi connectivity index (χ4v) is 5.98. The first-order valence-corrected chi connectivity index (χ1v) is 12.4. The predicted molar refractivity (Wildman–Crippen MR) is 113 cm³/mol. The highest BCUT2D eigenvalue weighted by Gasteiger charge is 2.39. The molecule has 2 atom stereocenters. The van der Waals surface area contributed by atoms with Crippen LogP contribution in [0.4, 0.5) is 23.5 Å². The number of thiazole rings is 1. The average molecular weight is 497 g/mol. The third kappa shape index (κ3) is 5.71. The zero-order valence-corrected chi connectivity index (χ0v) is 19.6. The van der Waals surface area contributed by atoms with Crippen molar-refractivity contribution in [2.75, 3.05) is 32.2 Å². The molecular formula is C18H24F4N6O2S2. The van der Waals surface area contributed by atoms with E-state index >= 15 is 0 Å². The van der Waals surface area contributed by atoms with Crippen molar-refractivity contribution in [2.45, 2.75) is 44.6 Å². The molecule has 1 N–H and O–H groups in total. The minimum Gasteiger partial charge on any atom is -0.351 e. The first kappa shape index (κ1) is 24.7. The summed E-state index contributed by atoms with van der Waals surface area (Å²) in [5.41, 5.74) is -1.66. The molecule has 3 heterocycles. The minimum atomic E-state index is -4.77. The van der Waals surface area contributed by atoms with Crippen LogP contribution in [0.25, 0.3) is 10.6 Å². The zero-order valence-electron chi connectivity index (χ0n) is 17.9. The lowest BCUT2D eigenvalue weighted by Crippen LogP contribution is -2.47. The van der Waals surface area contributed by atoms with E-state index in [0.717, 1.165) is 23.8 Å². The second-order valence-electron chi connectivity index (χ2n) is 8.00. The highest BCUT2D eigenvalue weighted by Crippen LogP contribution is 2.41. The molecule has 0 radical (unpaired) electrons. The van der Waals surface area contributed by atoms with Gasteiger partial charge in [-0.2, -0.15) is 17.5 Å². The van der Waals surface area contributed by atoms with Crippen molar-refractivity contribution in [2.24, 2.45) is 0 Å². The Morgan fingerprint density at radius 1 is 1.31 bits per heavy atom. The minimum absolute atomic E-state index is 0.0258. The molecule has 2 aromatic heterocycles. The molecule has 1 fully saturated rings. The van der Waals surface area contributed by atoms with Gasteiger partial charge in [0.15, 0.2) is 11.5 Å². The number of hydrogen-bond donors (Lipinski definition) is 1. The number of nitrogens with one attached hydrogen (secondary N) is 1. The summed E-state index contributed by atoms with van der Waals surface area (Å²) in [5.74, 6) is -1.01. The van der Waals surface area contributed by atoms with Gasteiger partial charge in [0.1, 0.15) is 10.7 Å². The molecule has 0 aliphatic carbocycles. The van der Waals surface area contributed by atoms with Crippen LogP contribution in [-0.2, 0) is 22.7 Å². The summed E-state index contributed by atoms with van der Waals surface area (Å²) in [4.78, 5) is 12.8. The molecule has 32 heavy (non-hydrogen) atoms. The Balaban J connectivity index is 1.88. The number of aromatic nitrogens is 3. The number of nitrogens with zero attached hydrogens (tertiary/aromatic N) is 5. The van der Waals surface area contributed by atoms with E-state index in [4.69, 9.17) is 0 Å². The first-order valence-electron chi connectivity index (χ1n) is 9.73. The van der Waals surface area contributed by atoms with E-state index in [0.29, 0.717) is 12.8 Å². The van der Waals surface area contributed by atoms with Gasteiger partial charge in [0, 0.05) is 25.2 Å². The van der Waals surface area contributed by atoms with E-state index in [2.05, 4.69) is 20.3 Å². The van der Waals surface area contributed by atoms with Crippen LogP contribution in [0.15, 0.2) is 6.20 Å². The van der Waals surface area contributed by atoms with Gasteiger partial charge >= 0.3 is 6.18 Å². The largest absolute Gasteiger partial charge is 0.434 e. The molecular weight excluding hydrogens is 472 g/mol. The summed E-state index contributed by atoms with van der Waals surface area (Å²) in [6, 6.07) is -0.489. The Morgan fingerprint density at radius 2 is 2.00 bits per heavy atom. The van der Waals surface area contributed by atoms with Gasteiger partial charge in [0.2, 0.25) is 16.0 Å². The summed E-state index contributed by atoms with van der Waals surface area (Å²) in [6.45, 7) is 2.22. The van der Waals surface area contributed by atoms with E-state index in [9.17, 15) is 26.0 Å². The van der Waals surface area contributed by atoms with Crippen molar-refractivity contribution in [1.82, 2.24) is 24.2 Å². The first-order chi connectivity index (χ1) is 14.8. The second kappa shape index (κ2) is 9.15. The van der Waals surface area contributed by atoms with Gasteiger partial charge in [-0.25, -0.2) is 27.8 Å². The molecule has 2 aromatic rings. The van der Waals surface area contributed by atoms with E-state index < -0.39 is 38.3 Å². The van der Waals surface area contributed by atoms with Crippen LogP contribution in [0.5, 0.6) is 0 Å². The van der Waals surface area contributed by atoms with Crippen molar-refractivity contribution < 1.29 is 26.0 Å². The molecule has 1 saturated heterocycles. The topological polar surface area (TPSA) is 91.3 Å². The van der Waals surface area contributed by atoms with Crippen molar-refractivity contribution in [3.8, 4) is 10.6 Å². The van der Waals surface area contributed by atoms with Crippen molar-refractivity contribution in [3.05, 3.63) is 22.7 Å².